The third-order valence-corrected chi connectivity index (χ3v) is 5.24. The number of nitrogens with one attached hydrogen (secondary N) is 1. The number of aromatic nitrogens is 4. The molecule has 2 aromatic heterocycles. The van der Waals surface area contributed by atoms with Crippen LogP contribution in [0.4, 0.5) is 9.18 Å². The highest BCUT2D eigenvalue weighted by molar-refractivity contribution is 5.75. The maximum absolute atomic E-state index is 13.2. The summed E-state index contributed by atoms with van der Waals surface area (Å²) in [5.41, 5.74) is 3.19. The Bertz CT molecular complexity index is 1030. The topological polar surface area (TPSA) is 89.1 Å². The summed E-state index contributed by atoms with van der Waals surface area (Å²) < 4.78 is 20.4. The Kier molecular flexibility index (Phi) is 5.04. The maximum Gasteiger partial charge on any atom is 0.317 e. The van der Waals surface area contributed by atoms with Gasteiger partial charge in [0, 0.05) is 42.9 Å². The molecule has 0 aliphatic carbocycles. The average Bonchev–Trinajstić information content (AvgIpc) is 3.33. The van der Waals surface area contributed by atoms with Crippen LogP contribution < -0.4 is 5.32 Å². The van der Waals surface area contributed by atoms with Crippen molar-refractivity contribution in [3.05, 3.63) is 41.3 Å². The Morgan fingerprint density at radius 1 is 1.34 bits per heavy atom. The Balaban J connectivity index is 1.61. The van der Waals surface area contributed by atoms with Crippen LogP contribution in [0, 0.1) is 5.82 Å². The van der Waals surface area contributed by atoms with Crippen molar-refractivity contribution in [2.75, 3.05) is 6.54 Å². The van der Waals surface area contributed by atoms with Gasteiger partial charge in [-0.05, 0) is 37.6 Å². The molecule has 0 bridgehead atoms. The molecule has 4 rings (SSSR count). The van der Waals surface area contributed by atoms with E-state index in [-0.39, 0.29) is 23.8 Å². The van der Waals surface area contributed by atoms with Crippen molar-refractivity contribution in [1.29, 1.82) is 0 Å². The molecule has 8 nitrogen and oxygen atoms in total. The molecule has 0 spiro atoms. The molecule has 29 heavy (non-hydrogen) atoms. The minimum Gasteiger partial charge on any atom is -0.336 e. The number of rotatable bonds is 4. The highest BCUT2D eigenvalue weighted by atomic mass is 19.1. The minimum absolute atomic E-state index is 0.0858. The monoisotopic (exact) mass is 398 g/mol. The van der Waals surface area contributed by atoms with E-state index < -0.39 is 0 Å². The van der Waals surface area contributed by atoms with Crippen LogP contribution in [-0.2, 0) is 20.0 Å². The first kappa shape index (κ1) is 19.1. The molecule has 2 amide bonds. The third-order valence-electron chi connectivity index (χ3n) is 5.24. The van der Waals surface area contributed by atoms with E-state index in [1.165, 1.54) is 12.1 Å². The summed E-state index contributed by atoms with van der Waals surface area (Å²) in [6.07, 6.45) is 1.57. The molecular weight excluding hydrogens is 375 g/mol. The molecule has 3 heterocycles. The van der Waals surface area contributed by atoms with Gasteiger partial charge in [-0.3, -0.25) is 4.68 Å². The molecule has 1 aromatic carbocycles. The number of benzene rings is 1. The Morgan fingerprint density at radius 3 is 2.83 bits per heavy atom. The molecular formula is C20H23FN6O2. The number of urea groups is 1. The average molecular weight is 398 g/mol. The molecule has 1 unspecified atom stereocenters. The molecule has 9 heteroatoms. The van der Waals surface area contributed by atoms with Gasteiger partial charge in [-0.2, -0.15) is 10.1 Å². The van der Waals surface area contributed by atoms with Gasteiger partial charge in [-0.25, -0.2) is 9.18 Å². The summed E-state index contributed by atoms with van der Waals surface area (Å²) in [4.78, 5) is 18.8. The summed E-state index contributed by atoms with van der Waals surface area (Å²) >= 11 is 0. The first-order valence-electron chi connectivity index (χ1n) is 9.66. The van der Waals surface area contributed by atoms with Crippen LogP contribution in [0.15, 0.2) is 28.8 Å². The van der Waals surface area contributed by atoms with Crippen molar-refractivity contribution in [1.82, 2.24) is 30.1 Å². The van der Waals surface area contributed by atoms with Crippen LogP contribution in [0.5, 0.6) is 0 Å². The fourth-order valence-corrected chi connectivity index (χ4v) is 3.38. The number of hydrogen-bond acceptors (Lipinski definition) is 5. The molecule has 1 atom stereocenters. The summed E-state index contributed by atoms with van der Waals surface area (Å²) in [5.74, 6) is 0.318. The normalized spacial score (nSPS) is 14.6. The van der Waals surface area contributed by atoms with Crippen molar-refractivity contribution in [3.63, 3.8) is 0 Å². The van der Waals surface area contributed by atoms with Crippen molar-refractivity contribution < 1.29 is 13.7 Å². The van der Waals surface area contributed by atoms with Gasteiger partial charge in [0.15, 0.2) is 5.69 Å². The predicted molar refractivity (Wildman–Crippen MR) is 104 cm³/mol. The van der Waals surface area contributed by atoms with Crippen LogP contribution in [-0.4, -0.2) is 43.4 Å². The molecule has 0 radical (unpaired) electrons. The van der Waals surface area contributed by atoms with Crippen LogP contribution in [0.3, 0.4) is 0 Å². The Labute approximate surface area is 167 Å². The molecule has 1 aliphatic rings. The van der Waals surface area contributed by atoms with Crippen LogP contribution in [0.25, 0.3) is 23.0 Å². The van der Waals surface area contributed by atoms with Gasteiger partial charge in [0.05, 0.1) is 6.54 Å². The van der Waals surface area contributed by atoms with Crippen LogP contribution in [0.2, 0.25) is 0 Å². The lowest BCUT2D eigenvalue weighted by molar-refractivity contribution is 0.188. The summed E-state index contributed by atoms with van der Waals surface area (Å²) in [7, 11) is 1.87. The van der Waals surface area contributed by atoms with E-state index in [9.17, 15) is 9.18 Å². The number of aryl methyl sites for hydroxylation is 1. The summed E-state index contributed by atoms with van der Waals surface area (Å²) in [6.45, 7) is 5.07. The molecule has 1 aliphatic heterocycles. The van der Waals surface area contributed by atoms with Crippen LogP contribution in [0.1, 0.15) is 31.5 Å². The summed E-state index contributed by atoms with van der Waals surface area (Å²) in [6, 6.07) is 5.92. The fourth-order valence-electron chi connectivity index (χ4n) is 3.38. The van der Waals surface area contributed by atoms with Gasteiger partial charge in [0.1, 0.15) is 5.82 Å². The number of hydrogen-bond donors (Lipinski definition) is 1. The molecule has 3 aromatic rings. The van der Waals surface area contributed by atoms with Crippen molar-refractivity contribution >= 4 is 6.03 Å². The predicted octanol–water partition coefficient (Wildman–Crippen LogP) is 3.14. The SMILES string of the molecule is CCC(C)NC(=O)N1CCc2c(c(-c3nc(-c4ccc(F)cc4)no3)nn2C)C1. The molecule has 152 valence electrons. The molecule has 0 saturated carbocycles. The van der Waals surface area contributed by atoms with Crippen LogP contribution >= 0.6 is 0 Å². The largest absolute Gasteiger partial charge is 0.336 e. The van der Waals surface area contributed by atoms with Gasteiger partial charge in [-0.1, -0.05) is 12.1 Å². The van der Waals surface area contributed by atoms with E-state index in [1.807, 2.05) is 20.9 Å². The van der Waals surface area contributed by atoms with E-state index in [1.54, 1.807) is 21.7 Å². The Morgan fingerprint density at radius 2 is 2.10 bits per heavy atom. The maximum atomic E-state index is 13.2. The molecule has 1 N–H and O–H groups in total. The second-order valence-electron chi connectivity index (χ2n) is 7.26. The number of carbonyl (C=O) groups is 1. The van der Waals surface area contributed by atoms with Gasteiger partial charge in [-0.15, -0.1) is 0 Å². The van der Waals surface area contributed by atoms with Crippen molar-refractivity contribution in [2.24, 2.45) is 7.05 Å². The lowest BCUT2D eigenvalue weighted by atomic mass is 10.1. The zero-order valence-electron chi connectivity index (χ0n) is 16.6. The fraction of sp³-hybridized carbons (Fsp3) is 0.400. The zero-order valence-corrected chi connectivity index (χ0v) is 16.6. The summed E-state index contributed by atoms with van der Waals surface area (Å²) in [5, 5.41) is 11.6. The van der Waals surface area contributed by atoms with Crippen molar-refractivity contribution in [3.8, 4) is 23.0 Å². The highest BCUT2D eigenvalue weighted by Crippen LogP contribution is 2.30. The standard InChI is InChI=1S/C20H23FN6O2/c1-4-12(2)22-20(28)27-10-9-16-15(11-27)17(24-26(16)3)19-23-18(25-29-19)13-5-7-14(21)8-6-13/h5-8,12H,4,9-11H2,1-3H3,(H,22,28). The van der Waals surface area contributed by atoms with E-state index in [0.29, 0.717) is 36.6 Å². The number of nitrogens with zero attached hydrogens (tertiary/aromatic N) is 5. The van der Waals surface area contributed by atoms with E-state index in [0.717, 1.165) is 17.7 Å². The second kappa shape index (κ2) is 7.65. The number of halogens is 1. The second-order valence-corrected chi connectivity index (χ2v) is 7.26. The number of amides is 2. The quantitative estimate of drug-likeness (QED) is 0.729. The third kappa shape index (κ3) is 3.72. The number of carbonyl (C=O) groups excluding carboxylic acids is 1. The van der Waals surface area contributed by atoms with Gasteiger partial charge >= 0.3 is 6.03 Å². The van der Waals surface area contributed by atoms with Crippen molar-refractivity contribution in [2.45, 2.75) is 39.3 Å². The number of fused-ring (bicyclic) bond motifs is 1. The lowest BCUT2D eigenvalue weighted by Gasteiger charge is -2.28. The Hall–Kier alpha value is -3.23. The van der Waals surface area contributed by atoms with E-state index in [2.05, 4.69) is 20.6 Å². The van der Waals surface area contributed by atoms with E-state index in [4.69, 9.17) is 4.52 Å². The zero-order chi connectivity index (χ0) is 20.5. The van der Waals surface area contributed by atoms with Gasteiger partial charge < -0.3 is 14.7 Å². The first-order valence-corrected chi connectivity index (χ1v) is 9.66. The first-order chi connectivity index (χ1) is 14.0. The van der Waals surface area contributed by atoms with Gasteiger partial charge in [0.25, 0.3) is 5.89 Å². The highest BCUT2D eigenvalue weighted by Gasteiger charge is 2.29. The lowest BCUT2D eigenvalue weighted by Crippen LogP contribution is -2.45. The molecule has 0 fully saturated rings. The van der Waals surface area contributed by atoms with Gasteiger partial charge in [0.2, 0.25) is 5.82 Å². The minimum atomic E-state index is -0.327. The van der Waals surface area contributed by atoms with E-state index >= 15 is 0 Å². The molecule has 0 saturated heterocycles. The smallest absolute Gasteiger partial charge is 0.317 e.